The van der Waals surface area contributed by atoms with Gasteiger partial charge >= 0.3 is 0 Å². The average molecular weight is 387 g/mol. The lowest BCUT2D eigenvalue weighted by Gasteiger charge is -2.33. The Labute approximate surface area is 147 Å². The molecular formula is C15H15F2N3O3S2. The van der Waals surface area contributed by atoms with E-state index in [9.17, 15) is 22.0 Å². The maximum atomic E-state index is 13.8. The van der Waals surface area contributed by atoms with Crippen molar-refractivity contribution in [1.82, 2.24) is 14.2 Å². The van der Waals surface area contributed by atoms with E-state index in [1.165, 1.54) is 22.4 Å². The zero-order valence-electron chi connectivity index (χ0n) is 13.3. The van der Waals surface area contributed by atoms with Gasteiger partial charge in [0.2, 0.25) is 10.0 Å². The summed E-state index contributed by atoms with van der Waals surface area (Å²) < 4.78 is 53.7. The number of hydrogen-bond donors (Lipinski definition) is 0. The molecule has 3 rings (SSSR count). The van der Waals surface area contributed by atoms with Gasteiger partial charge in [-0.15, -0.1) is 11.3 Å². The van der Waals surface area contributed by atoms with Crippen LogP contribution in [0, 0.1) is 18.6 Å². The van der Waals surface area contributed by atoms with Crippen molar-refractivity contribution in [3.05, 3.63) is 45.9 Å². The number of aromatic nitrogens is 1. The molecule has 1 aromatic heterocycles. The van der Waals surface area contributed by atoms with Gasteiger partial charge in [0.15, 0.2) is 4.90 Å². The van der Waals surface area contributed by atoms with Crippen LogP contribution in [0.3, 0.4) is 0 Å². The summed E-state index contributed by atoms with van der Waals surface area (Å²) in [5.41, 5.74) is 0. The molecule has 1 fully saturated rings. The van der Waals surface area contributed by atoms with Crippen LogP contribution < -0.4 is 0 Å². The van der Waals surface area contributed by atoms with Gasteiger partial charge in [0.1, 0.15) is 16.5 Å². The van der Waals surface area contributed by atoms with Gasteiger partial charge in [-0.25, -0.2) is 22.2 Å². The summed E-state index contributed by atoms with van der Waals surface area (Å²) in [6.07, 6.45) is 1.49. The van der Waals surface area contributed by atoms with Crippen LogP contribution in [0.5, 0.6) is 0 Å². The van der Waals surface area contributed by atoms with Crippen LogP contribution in [0.15, 0.2) is 29.3 Å². The highest BCUT2D eigenvalue weighted by Crippen LogP contribution is 2.24. The summed E-state index contributed by atoms with van der Waals surface area (Å²) in [6, 6.07) is 2.92. The molecule has 0 radical (unpaired) electrons. The smallest absolute Gasteiger partial charge is 0.265 e. The number of halogens is 2. The second-order valence-corrected chi connectivity index (χ2v) is 8.60. The molecular weight excluding hydrogens is 372 g/mol. The standard InChI is InChI=1S/C15H15F2N3O3S2/c1-10-18-9-13(24-10)15(21)19-5-7-20(8-6-19)25(22,23)14-11(16)3-2-4-12(14)17/h2-4,9H,5-8H2,1H3. The fourth-order valence-corrected chi connectivity index (χ4v) is 4.88. The van der Waals surface area contributed by atoms with Crippen LogP contribution in [0.2, 0.25) is 0 Å². The molecule has 1 aliphatic heterocycles. The SMILES string of the molecule is Cc1ncc(C(=O)N2CCN(S(=O)(=O)c3c(F)cccc3F)CC2)s1. The van der Waals surface area contributed by atoms with Crippen LogP contribution in [-0.2, 0) is 10.0 Å². The lowest BCUT2D eigenvalue weighted by atomic mass is 10.3. The monoisotopic (exact) mass is 387 g/mol. The van der Waals surface area contributed by atoms with Crippen molar-refractivity contribution in [2.75, 3.05) is 26.2 Å². The van der Waals surface area contributed by atoms with Gasteiger partial charge in [0, 0.05) is 26.2 Å². The molecule has 25 heavy (non-hydrogen) atoms. The van der Waals surface area contributed by atoms with E-state index in [0.717, 1.165) is 27.5 Å². The molecule has 0 bridgehead atoms. The number of sulfonamides is 1. The Bertz CT molecular complexity index is 886. The number of rotatable bonds is 3. The molecule has 0 spiro atoms. The lowest BCUT2D eigenvalue weighted by molar-refractivity contribution is 0.0702. The molecule has 6 nitrogen and oxygen atoms in total. The number of nitrogens with zero attached hydrogens (tertiary/aromatic N) is 3. The second-order valence-electron chi connectivity index (χ2n) is 5.49. The Morgan fingerprint density at radius 3 is 2.28 bits per heavy atom. The van der Waals surface area contributed by atoms with Crippen LogP contribution in [0.4, 0.5) is 8.78 Å². The van der Waals surface area contributed by atoms with Crippen molar-refractivity contribution in [1.29, 1.82) is 0 Å². The van der Waals surface area contributed by atoms with E-state index in [0.29, 0.717) is 4.88 Å². The number of benzene rings is 1. The molecule has 1 amide bonds. The largest absolute Gasteiger partial charge is 0.335 e. The third-order valence-corrected chi connectivity index (χ3v) is 6.73. The Morgan fingerprint density at radius 1 is 1.16 bits per heavy atom. The quantitative estimate of drug-likeness (QED) is 0.806. The van der Waals surface area contributed by atoms with E-state index in [1.807, 2.05) is 0 Å². The maximum Gasteiger partial charge on any atom is 0.265 e. The van der Waals surface area contributed by atoms with Crippen LogP contribution in [-0.4, -0.2) is 54.7 Å². The van der Waals surface area contributed by atoms with E-state index in [4.69, 9.17) is 0 Å². The number of carbonyl (C=O) groups is 1. The predicted molar refractivity (Wildman–Crippen MR) is 87.9 cm³/mol. The van der Waals surface area contributed by atoms with Crippen molar-refractivity contribution in [3.63, 3.8) is 0 Å². The summed E-state index contributed by atoms with van der Waals surface area (Å²) in [7, 11) is -4.30. The summed E-state index contributed by atoms with van der Waals surface area (Å²) >= 11 is 1.26. The number of aryl methyl sites for hydroxylation is 1. The minimum Gasteiger partial charge on any atom is -0.335 e. The molecule has 0 N–H and O–H groups in total. The molecule has 2 aromatic rings. The van der Waals surface area contributed by atoms with E-state index >= 15 is 0 Å². The molecule has 0 saturated carbocycles. The Hall–Kier alpha value is -1.91. The summed E-state index contributed by atoms with van der Waals surface area (Å²) in [5.74, 6) is -2.47. The van der Waals surface area contributed by atoms with Gasteiger partial charge in [-0.3, -0.25) is 4.79 Å². The van der Waals surface area contributed by atoms with E-state index in [1.54, 1.807) is 6.92 Å². The van der Waals surface area contributed by atoms with E-state index < -0.39 is 26.6 Å². The molecule has 0 atom stereocenters. The highest BCUT2D eigenvalue weighted by Gasteiger charge is 2.34. The third kappa shape index (κ3) is 3.42. The predicted octanol–water partition coefficient (Wildman–Crippen LogP) is 1.88. The minimum absolute atomic E-state index is 0.0281. The normalized spacial score (nSPS) is 16.2. The Morgan fingerprint density at radius 2 is 1.76 bits per heavy atom. The van der Waals surface area contributed by atoms with Gasteiger partial charge in [-0.05, 0) is 19.1 Å². The van der Waals surface area contributed by atoms with Gasteiger partial charge in [-0.2, -0.15) is 4.31 Å². The van der Waals surface area contributed by atoms with Gasteiger partial charge in [0.05, 0.1) is 11.2 Å². The summed E-state index contributed by atoms with van der Waals surface area (Å²) in [6.45, 7) is 2.02. The van der Waals surface area contributed by atoms with Crippen molar-refractivity contribution < 1.29 is 22.0 Å². The number of hydrogen-bond acceptors (Lipinski definition) is 5. The molecule has 2 heterocycles. The maximum absolute atomic E-state index is 13.8. The van der Waals surface area contributed by atoms with E-state index in [-0.39, 0.29) is 32.1 Å². The molecule has 1 saturated heterocycles. The van der Waals surface area contributed by atoms with Crippen molar-refractivity contribution >= 4 is 27.3 Å². The lowest BCUT2D eigenvalue weighted by Crippen LogP contribution is -2.50. The average Bonchev–Trinajstić information content (AvgIpc) is 3.00. The zero-order chi connectivity index (χ0) is 18.2. The first-order valence-electron chi connectivity index (χ1n) is 7.46. The Balaban J connectivity index is 1.75. The first kappa shape index (κ1) is 17.9. The second kappa shape index (κ2) is 6.77. The molecule has 0 aliphatic carbocycles. The number of piperazine rings is 1. The van der Waals surface area contributed by atoms with Gasteiger partial charge in [0.25, 0.3) is 5.91 Å². The van der Waals surface area contributed by atoms with Crippen molar-refractivity contribution in [2.45, 2.75) is 11.8 Å². The van der Waals surface area contributed by atoms with Gasteiger partial charge in [-0.1, -0.05) is 6.07 Å². The Kier molecular flexibility index (Phi) is 4.85. The van der Waals surface area contributed by atoms with Crippen LogP contribution >= 0.6 is 11.3 Å². The van der Waals surface area contributed by atoms with Crippen LogP contribution in [0.1, 0.15) is 14.7 Å². The number of amides is 1. The molecule has 1 aliphatic rings. The van der Waals surface area contributed by atoms with Crippen LogP contribution in [0.25, 0.3) is 0 Å². The fourth-order valence-electron chi connectivity index (χ4n) is 2.61. The number of thiazole rings is 1. The zero-order valence-corrected chi connectivity index (χ0v) is 14.9. The van der Waals surface area contributed by atoms with E-state index in [2.05, 4.69) is 4.98 Å². The highest BCUT2D eigenvalue weighted by atomic mass is 32.2. The topological polar surface area (TPSA) is 70.6 Å². The molecule has 134 valence electrons. The third-order valence-electron chi connectivity index (χ3n) is 3.87. The first-order valence-corrected chi connectivity index (χ1v) is 9.72. The summed E-state index contributed by atoms with van der Waals surface area (Å²) in [5, 5.41) is 0.764. The first-order chi connectivity index (χ1) is 11.8. The number of carbonyl (C=O) groups excluding carboxylic acids is 1. The summed E-state index contributed by atoms with van der Waals surface area (Å²) in [4.78, 5) is 17.4. The molecule has 10 heteroatoms. The molecule has 1 aromatic carbocycles. The highest BCUT2D eigenvalue weighted by molar-refractivity contribution is 7.89. The van der Waals surface area contributed by atoms with Gasteiger partial charge < -0.3 is 4.90 Å². The molecule has 0 unspecified atom stereocenters. The fraction of sp³-hybridized carbons (Fsp3) is 0.333. The van der Waals surface area contributed by atoms with Crippen molar-refractivity contribution in [2.24, 2.45) is 0 Å². The van der Waals surface area contributed by atoms with Crippen molar-refractivity contribution in [3.8, 4) is 0 Å². The minimum atomic E-state index is -4.30.